The SMILES string of the molecule is CCn1cc(C(=O)NCc2ccc(Cl)cc2)c(=O)c2cc(CCCCO)sc21. The number of carbonyl (C=O) groups excluding carboxylic acids is 1. The molecule has 0 saturated heterocycles. The van der Waals surface area contributed by atoms with Crippen molar-refractivity contribution in [3.8, 4) is 0 Å². The van der Waals surface area contributed by atoms with Crippen LogP contribution in [0.2, 0.25) is 5.02 Å². The zero-order valence-corrected chi connectivity index (χ0v) is 17.3. The molecule has 3 rings (SSSR count). The number of thiophene rings is 1. The van der Waals surface area contributed by atoms with Gasteiger partial charge in [0.2, 0.25) is 5.43 Å². The normalized spacial score (nSPS) is 11.1. The Morgan fingerprint density at radius 3 is 2.68 bits per heavy atom. The lowest BCUT2D eigenvalue weighted by Gasteiger charge is -2.09. The molecule has 3 aromatic rings. The summed E-state index contributed by atoms with van der Waals surface area (Å²) in [5, 5.41) is 13.0. The van der Waals surface area contributed by atoms with Gasteiger partial charge in [0.1, 0.15) is 10.4 Å². The number of aliphatic hydroxyl groups is 1. The summed E-state index contributed by atoms with van der Waals surface area (Å²) in [5.41, 5.74) is 0.831. The number of aryl methyl sites for hydroxylation is 2. The molecule has 2 aromatic heterocycles. The molecule has 0 saturated carbocycles. The average molecular weight is 419 g/mol. The molecule has 1 aromatic carbocycles. The second-order valence-corrected chi connectivity index (χ2v) is 8.13. The van der Waals surface area contributed by atoms with E-state index in [9.17, 15) is 9.59 Å². The molecule has 0 atom stereocenters. The van der Waals surface area contributed by atoms with Gasteiger partial charge in [0.25, 0.3) is 5.91 Å². The van der Waals surface area contributed by atoms with Gasteiger partial charge >= 0.3 is 0 Å². The molecule has 148 valence electrons. The first kappa shape index (κ1) is 20.6. The number of unbranched alkanes of at least 4 members (excludes halogenated alkanes) is 1. The van der Waals surface area contributed by atoms with Crippen molar-refractivity contribution in [3.05, 3.63) is 67.8 Å². The predicted molar refractivity (Wildman–Crippen MR) is 114 cm³/mol. The van der Waals surface area contributed by atoms with Crippen LogP contribution in [-0.2, 0) is 19.5 Å². The number of fused-ring (bicyclic) bond motifs is 1. The van der Waals surface area contributed by atoms with Crippen LogP contribution in [0.3, 0.4) is 0 Å². The number of carbonyl (C=O) groups is 1. The highest BCUT2D eigenvalue weighted by Crippen LogP contribution is 2.25. The lowest BCUT2D eigenvalue weighted by Crippen LogP contribution is -2.29. The van der Waals surface area contributed by atoms with Crippen LogP contribution in [0.15, 0.2) is 41.3 Å². The van der Waals surface area contributed by atoms with Crippen molar-refractivity contribution >= 4 is 39.1 Å². The van der Waals surface area contributed by atoms with Crippen molar-refractivity contribution in [1.29, 1.82) is 0 Å². The Labute approximate surface area is 172 Å². The summed E-state index contributed by atoms with van der Waals surface area (Å²) >= 11 is 7.46. The number of aromatic nitrogens is 1. The number of amides is 1. The fourth-order valence-electron chi connectivity index (χ4n) is 3.04. The number of hydrogen-bond acceptors (Lipinski definition) is 4. The van der Waals surface area contributed by atoms with Crippen LogP contribution >= 0.6 is 22.9 Å². The second kappa shape index (κ2) is 9.37. The van der Waals surface area contributed by atoms with E-state index in [1.807, 2.05) is 29.7 Å². The largest absolute Gasteiger partial charge is 0.396 e. The molecule has 0 radical (unpaired) electrons. The second-order valence-electron chi connectivity index (χ2n) is 6.58. The van der Waals surface area contributed by atoms with Crippen LogP contribution in [0, 0.1) is 0 Å². The molecule has 0 fully saturated rings. The minimum absolute atomic E-state index is 0.156. The Morgan fingerprint density at radius 2 is 2.00 bits per heavy atom. The van der Waals surface area contributed by atoms with E-state index < -0.39 is 0 Å². The maximum atomic E-state index is 12.9. The van der Waals surface area contributed by atoms with Crippen molar-refractivity contribution in [1.82, 2.24) is 9.88 Å². The molecule has 7 heteroatoms. The fraction of sp³-hybridized carbons (Fsp3) is 0.333. The van der Waals surface area contributed by atoms with E-state index in [1.54, 1.807) is 29.7 Å². The standard InChI is InChI=1S/C21H23ClN2O3S/c1-2-24-13-18(20(27)23-12-14-6-8-15(22)9-7-14)19(26)17-11-16(28-21(17)24)5-3-4-10-25/h6-9,11,13,25H,2-5,10,12H2,1H3,(H,23,27). The van der Waals surface area contributed by atoms with Gasteiger partial charge in [-0.3, -0.25) is 9.59 Å². The first-order chi connectivity index (χ1) is 13.5. The highest BCUT2D eigenvalue weighted by atomic mass is 35.5. The predicted octanol–water partition coefficient (Wildman–Crippen LogP) is 3.98. The van der Waals surface area contributed by atoms with Gasteiger partial charge < -0.3 is 15.0 Å². The molecule has 2 heterocycles. The van der Waals surface area contributed by atoms with Crippen molar-refractivity contribution in [3.63, 3.8) is 0 Å². The van der Waals surface area contributed by atoms with Crippen LogP contribution < -0.4 is 10.7 Å². The number of benzene rings is 1. The summed E-state index contributed by atoms with van der Waals surface area (Å²) in [7, 11) is 0. The van der Waals surface area contributed by atoms with E-state index in [0.29, 0.717) is 23.5 Å². The maximum Gasteiger partial charge on any atom is 0.257 e. The Balaban J connectivity index is 1.85. The molecule has 5 nitrogen and oxygen atoms in total. The number of halogens is 1. The van der Waals surface area contributed by atoms with E-state index in [1.165, 1.54) is 0 Å². The first-order valence-electron chi connectivity index (χ1n) is 9.32. The number of aliphatic hydroxyl groups excluding tert-OH is 1. The van der Waals surface area contributed by atoms with Crippen molar-refractivity contribution in [2.24, 2.45) is 0 Å². The first-order valence-corrected chi connectivity index (χ1v) is 10.5. The van der Waals surface area contributed by atoms with Crippen LogP contribution in [-0.4, -0.2) is 22.2 Å². The van der Waals surface area contributed by atoms with Gasteiger partial charge in [-0.2, -0.15) is 0 Å². The van der Waals surface area contributed by atoms with Gasteiger partial charge in [-0.1, -0.05) is 23.7 Å². The number of nitrogens with zero attached hydrogens (tertiary/aromatic N) is 1. The van der Waals surface area contributed by atoms with Gasteiger partial charge in [-0.15, -0.1) is 11.3 Å². The molecule has 28 heavy (non-hydrogen) atoms. The molecule has 0 spiro atoms. The minimum Gasteiger partial charge on any atom is -0.396 e. The van der Waals surface area contributed by atoms with Crippen molar-refractivity contribution in [2.75, 3.05) is 6.61 Å². The Hall–Kier alpha value is -2.15. The third-order valence-electron chi connectivity index (χ3n) is 4.58. The summed E-state index contributed by atoms with van der Waals surface area (Å²) < 4.78 is 1.95. The lowest BCUT2D eigenvalue weighted by molar-refractivity contribution is 0.0949. The monoisotopic (exact) mass is 418 g/mol. The number of pyridine rings is 1. The quantitative estimate of drug-likeness (QED) is 0.543. The molecule has 2 N–H and O–H groups in total. The summed E-state index contributed by atoms with van der Waals surface area (Å²) in [6.07, 6.45) is 4.08. The molecular formula is C21H23ClN2O3S. The topological polar surface area (TPSA) is 71.3 Å². The van der Waals surface area contributed by atoms with Crippen molar-refractivity contribution < 1.29 is 9.90 Å². The number of hydrogen-bond donors (Lipinski definition) is 2. The average Bonchev–Trinajstić information content (AvgIpc) is 3.13. The van der Waals surface area contributed by atoms with Gasteiger partial charge in [-0.05, 0) is 49.9 Å². The fourth-order valence-corrected chi connectivity index (χ4v) is 4.39. The molecule has 0 bridgehead atoms. The zero-order valence-electron chi connectivity index (χ0n) is 15.7. The minimum atomic E-state index is -0.378. The molecule has 0 aliphatic heterocycles. The Bertz CT molecular complexity index is 1020. The zero-order chi connectivity index (χ0) is 20.1. The maximum absolute atomic E-state index is 12.9. The number of nitrogens with one attached hydrogen (secondary N) is 1. The summed E-state index contributed by atoms with van der Waals surface area (Å²) in [4.78, 5) is 27.6. The number of rotatable bonds is 8. The van der Waals surface area contributed by atoms with Crippen molar-refractivity contribution in [2.45, 2.75) is 39.3 Å². The molecular weight excluding hydrogens is 396 g/mol. The summed E-state index contributed by atoms with van der Waals surface area (Å²) in [6, 6.07) is 9.11. The van der Waals surface area contributed by atoms with Gasteiger partial charge in [0, 0.05) is 35.8 Å². The summed E-state index contributed by atoms with van der Waals surface area (Å²) in [5.74, 6) is -0.378. The van der Waals surface area contributed by atoms with E-state index >= 15 is 0 Å². The van der Waals surface area contributed by atoms with Gasteiger partial charge in [0.15, 0.2) is 0 Å². The van der Waals surface area contributed by atoms with Crippen LogP contribution in [0.5, 0.6) is 0 Å². The summed E-state index contributed by atoms with van der Waals surface area (Å²) in [6.45, 7) is 3.16. The van der Waals surface area contributed by atoms with Gasteiger partial charge in [-0.25, -0.2) is 0 Å². The smallest absolute Gasteiger partial charge is 0.257 e. The molecule has 0 unspecified atom stereocenters. The third-order valence-corrected chi connectivity index (χ3v) is 6.07. The van der Waals surface area contributed by atoms with Crippen LogP contribution in [0.25, 0.3) is 10.2 Å². The van der Waals surface area contributed by atoms with E-state index in [4.69, 9.17) is 16.7 Å². The molecule has 0 aliphatic carbocycles. The highest BCUT2D eigenvalue weighted by molar-refractivity contribution is 7.18. The van der Waals surface area contributed by atoms with Gasteiger partial charge in [0.05, 0.1) is 5.39 Å². The Morgan fingerprint density at radius 1 is 1.25 bits per heavy atom. The van der Waals surface area contributed by atoms with Crippen LogP contribution in [0.1, 0.15) is 40.6 Å². The van der Waals surface area contributed by atoms with E-state index in [2.05, 4.69) is 5.32 Å². The highest BCUT2D eigenvalue weighted by Gasteiger charge is 2.17. The Kier molecular flexibility index (Phi) is 6.88. The van der Waals surface area contributed by atoms with E-state index in [-0.39, 0.29) is 23.5 Å². The van der Waals surface area contributed by atoms with Crippen LogP contribution in [0.4, 0.5) is 0 Å². The molecule has 0 aliphatic rings. The molecule has 1 amide bonds. The van der Waals surface area contributed by atoms with E-state index in [0.717, 1.165) is 34.5 Å². The third kappa shape index (κ3) is 4.63. The lowest BCUT2D eigenvalue weighted by atomic mass is 10.1.